The van der Waals surface area contributed by atoms with Gasteiger partial charge in [-0.25, -0.2) is 0 Å². The van der Waals surface area contributed by atoms with E-state index in [1.54, 1.807) is 0 Å². The van der Waals surface area contributed by atoms with Gasteiger partial charge in [0.2, 0.25) is 0 Å². The Labute approximate surface area is 141 Å². The molecule has 0 spiro atoms. The number of pyridine rings is 1. The molecule has 0 saturated heterocycles. The van der Waals surface area contributed by atoms with E-state index in [1.807, 2.05) is 0 Å². The number of carbonyl (C=O) groups excluding carboxylic acids is 2. The number of aromatic nitrogens is 1. The molecular formula is C17H14F3N3O2. The fourth-order valence-corrected chi connectivity index (χ4v) is 2.13. The summed E-state index contributed by atoms with van der Waals surface area (Å²) >= 11 is 0. The number of rotatable bonds is 4. The number of carbonyl (C=O) groups is 2. The molecule has 2 N–H and O–H groups in total. The van der Waals surface area contributed by atoms with Gasteiger partial charge in [-0.1, -0.05) is 0 Å². The van der Waals surface area contributed by atoms with Crippen LogP contribution in [0, 0.1) is 0 Å². The minimum absolute atomic E-state index is 0.00310. The second-order valence-electron chi connectivity index (χ2n) is 5.71. The number of hydrogen-bond donors (Lipinski definition) is 2. The zero-order valence-corrected chi connectivity index (χ0v) is 12.9. The normalized spacial score (nSPS) is 14.0. The van der Waals surface area contributed by atoms with E-state index >= 15 is 0 Å². The van der Waals surface area contributed by atoms with Crippen molar-refractivity contribution in [2.75, 3.05) is 5.32 Å². The van der Waals surface area contributed by atoms with Crippen molar-refractivity contribution in [2.24, 2.45) is 0 Å². The molecule has 2 amide bonds. The molecule has 25 heavy (non-hydrogen) atoms. The van der Waals surface area contributed by atoms with Gasteiger partial charge in [0.1, 0.15) is 5.69 Å². The van der Waals surface area contributed by atoms with Crippen LogP contribution in [0.3, 0.4) is 0 Å². The molecule has 1 aliphatic rings. The number of hydrogen-bond acceptors (Lipinski definition) is 3. The van der Waals surface area contributed by atoms with E-state index in [2.05, 4.69) is 15.6 Å². The third kappa shape index (κ3) is 4.34. The van der Waals surface area contributed by atoms with Crippen molar-refractivity contribution in [3.8, 4) is 0 Å². The standard InChI is InChI=1S/C17H14F3N3O2/c18-17(19,20)11-1-3-12(4-2-11)23-16(25)14-9-10(7-8-21-14)15(24)22-13-5-6-13/h1-4,7-9,13H,5-6H2,(H,22,24)(H,23,25). The molecule has 0 unspecified atom stereocenters. The minimum atomic E-state index is -4.44. The summed E-state index contributed by atoms with van der Waals surface area (Å²) in [6.07, 6.45) is -1.22. The maximum absolute atomic E-state index is 12.5. The molecule has 0 bridgehead atoms. The van der Waals surface area contributed by atoms with Crippen LogP contribution in [0.5, 0.6) is 0 Å². The predicted molar refractivity (Wildman–Crippen MR) is 84.1 cm³/mol. The van der Waals surface area contributed by atoms with Crippen LogP contribution >= 0.6 is 0 Å². The third-order valence-corrected chi connectivity index (χ3v) is 3.64. The molecule has 1 saturated carbocycles. The number of nitrogens with one attached hydrogen (secondary N) is 2. The van der Waals surface area contributed by atoms with E-state index in [-0.39, 0.29) is 23.3 Å². The molecule has 0 aliphatic heterocycles. The predicted octanol–water partition coefficient (Wildman–Crippen LogP) is 3.24. The van der Waals surface area contributed by atoms with E-state index in [9.17, 15) is 22.8 Å². The molecule has 8 heteroatoms. The first kappa shape index (κ1) is 16.9. The number of halogens is 3. The highest BCUT2D eigenvalue weighted by Gasteiger charge is 2.30. The van der Waals surface area contributed by atoms with Crippen LogP contribution in [0.1, 0.15) is 39.3 Å². The molecule has 1 aromatic carbocycles. The quantitative estimate of drug-likeness (QED) is 0.890. The van der Waals surface area contributed by atoms with Gasteiger partial charge in [0, 0.05) is 23.5 Å². The number of nitrogens with zero attached hydrogens (tertiary/aromatic N) is 1. The molecule has 0 atom stereocenters. The Morgan fingerprint density at radius 3 is 2.32 bits per heavy atom. The van der Waals surface area contributed by atoms with Gasteiger partial charge in [-0.15, -0.1) is 0 Å². The summed E-state index contributed by atoms with van der Waals surface area (Å²) in [5, 5.41) is 5.26. The molecule has 1 aromatic heterocycles. The molecule has 3 rings (SSSR count). The number of anilines is 1. The van der Waals surface area contributed by atoms with E-state index < -0.39 is 17.6 Å². The van der Waals surface area contributed by atoms with Gasteiger partial charge in [-0.2, -0.15) is 13.2 Å². The Bertz CT molecular complexity index is 800. The maximum Gasteiger partial charge on any atom is 0.416 e. The van der Waals surface area contributed by atoms with Crippen molar-refractivity contribution in [1.29, 1.82) is 0 Å². The largest absolute Gasteiger partial charge is 0.416 e. The van der Waals surface area contributed by atoms with Gasteiger partial charge in [0.25, 0.3) is 11.8 Å². The molecule has 1 aliphatic carbocycles. The Hall–Kier alpha value is -2.90. The lowest BCUT2D eigenvalue weighted by atomic mass is 10.2. The SMILES string of the molecule is O=C(NC1CC1)c1ccnc(C(=O)Nc2ccc(C(F)(F)F)cc2)c1. The summed E-state index contributed by atoms with van der Waals surface area (Å²) < 4.78 is 37.6. The van der Waals surface area contributed by atoms with Crippen LogP contribution < -0.4 is 10.6 Å². The lowest BCUT2D eigenvalue weighted by molar-refractivity contribution is -0.137. The van der Waals surface area contributed by atoms with Gasteiger partial charge < -0.3 is 10.6 Å². The second-order valence-corrected chi connectivity index (χ2v) is 5.71. The summed E-state index contributed by atoms with van der Waals surface area (Å²) in [6, 6.07) is 7.09. The summed E-state index contributed by atoms with van der Waals surface area (Å²) in [5.74, 6) is -0.894. The van der Waals surface area contributed by atoms with Crippen molar-refractivity contribution in [3.05, 3.63) is 59.4 Å². The Morgan fingerprint density at radius 2 is 1.72 bits per heavy atom. The number of amides is 2. The highest BCUT2D eigenvalue weighted by molar-refractivity contribution is 6.04. The monoisotopic (exact) mass is 349 g/mol. The van der Waals surface area contributed by atoms with Crippen molar-refractivity contribution in [3.63, 3.8) is 0 Å². The minimum Gasteiger partial charge on any atom is -0.349 e. The highest BCUT2D eigenvalue weighted by atomic mass is 19.4. The summed E-state index contributed by atoms with van der Waals surface area (Å²) in [5.41, 5.74) is -0.294. The molecule has 2 aromatic rings. The van der Waals surface area contributed by atoms with Crippen molar-refractivity contribution in [1.82, 2.24) is 10.3 Å². The summed E-state index contributed by atoms with van der Waals surface area (Å²) in [4.78, 5) is 28.1. The van der Waals surface area contributed by atoms with Gasteiger partial charge >= 0.3 is 6.18 Å². The summed E-state index contributed by atoms with van der Waals surface area (Å²) in [7, 11) is 0. The third-order valence-electron chi connectivity index (χ3n) is 3.64. The fraction of sp³-hybridized carbons (Fsp3) is 0.235. The highest BCUT2D eigenvalue weighted by Crippen LogP contribution is 2.29. The topological polar surface area (TPSA) is 71.1 Å². The van der Waals surface area contributed by atoms with E-state index in [0.29, 0.717) is 5.56 Å². The van der Waals surface area contributed by atoms with Crippen molar-refractivity contribution >= 4 is 17.5 Å². The van der Waals surface area contributed by atoms with E-state index in [4.69, 9.17) is 0 Å². The van der Waals surface area contributed by atoms with Crippen molar-refractivity contribution < 1.29 is 22.8 Å². The van der Waals surface area contributed by atoms with Crippen LogP contribution in [0.25, 0.3) is 0 Å². The van der Waals surface area contributed by atoms with Crippen LogP contribution in [0.15, 0.2) is 42.6 Å². The van der Waals surface area contributed by atoms with Crippen molar-refractivity contribution in [2.45, 2.75) is 25.1 Å². The fourth-order valence-electron chi connectivity index (χ4n) is 2.13. The van der Waals surface area contributed by atoms with Crippen LogP contribution in [-0.2, 0) is 6.18 Å². The Balaban J connectivity index is 1.69. The zero-order valence-electron chi connectivity index (χ0n) is 12.9. The van der Waals surface area contributed by atoms with Crippen LogP contribution in [0.2, 0.25) is 0 Å². The molecule has 1 fully saturated rings. The molecule has 130 valence electrons. The average molecular weight is 349 g/mol. The Morgan fingerprint density at radius 1 is 1.04 bits per heavy atom. The smallest absolute Gasteiger partial charge is 0.349 e. The van der Waals surface area contributed by atoms with E-state index in [0.717, 1.165) is 37.1 Å². The molecule has 0 radical (unpaired) electrons. The first-order chi connectivity index (χ1) is 11.8. The zero-order chi connectivity index (χ0) is 18.0. The van der Waals surface area contributed by atoms with Gasteiger partial charge in [-0.3, -0.25) is 14.6 Å². The maximum atomic E-state index is 12.5. The van der Waals surface area contributed by atoms with Gasteiger partial charge in [0.15, 0.2) is 0 Å². The summed E-state index contributed by atoms with van der Waals surface area (Å²) in [6.45, 7) is 0. The lowest BCUT2D eigenvalue weighted by Gasteiger charge is -2.09. The van der Waals surface area contributed by atoms with Crippen LogP contribution in [0.4, 0.5) is 18.9 Å². The first-order valence-corrected chi connectivity index (χ1v) is 7.58. The second kappa shape index (κ2) is 6.54. The lowest BCUT2D eigenvalue weighted by Crippen LogP contribution is -2.26. The first-order valence-electron chi connectivity index (χ1n) is 7.58. The average Bonchev–Trinajstić information content (AvgIpc) is 3.38. The van der Waals surface area contributed by atoms with E-state index in [1.165, 1.54) is 18.3 Å². The molecular weight excluding hydrogens is 335 g/mol. The molecule has 1 heterocycles. The van der Waals surface area contributed by atoms with Gasteiger partial charge in [-0.05, 0) is 49.2 Å². The number of alkyl halides is 3. The number of benzene rings is 1. The molecule has 5 nitrogen and oxygen atoms in total. The van der Waals surface area contributed by atoms with Gasteiger partial charge in [0.05, 0.1) is 5.56 Å². The van der Waals surface area contributed by atoms with Crippen LogP contribution in [-0.4, -0.2) is 22.8 Å². The Kier molecular flexibility index (Phi) is 4.43.